The summed E-state index contributed by atoms with van der Waals surface area (Å²) in [5.74, 6) is -0.425. The van der Waals surface area contributed by atoms with Crippen molar-refractivity contribution in [3.05, 3.63) is 70.6 Å². The van der Waals surface area contributed by atoms with Gasteiger partial charge in [-0.2, -0.15) is 13.2 Å². The third-order valence-corrected chi connectivity index (χ3v) is 6.12. The molecule has 1 aliphatic carbocycles. The van der Waals surface area contributed by atoms with Crippen molar-refractivity contribution in [2.24, 2.45) is 0 Å². The highest BCUT2D eigenvalue weighted by Gasteiger charge is 2.36. The lowest BCUT2D eigenvalue weighted by atomic mass is 9.69. The van der Waals surface area contributed by atoms with Gasteiger partial charge in [-0.3, -0.25) is 9.20 Å². The molecule has 1 aliphatic rings. The standard InChI is InChI=1S/C22H21ClF3N3O/c23-16-9-7-15(8-10-16)21(11-2-1-3-12-21)14-27-20(30)17-5-4-6-19-28-18(13-29(17)19)22(24,25)26/h4-10,13H,1-3,11-12,14H2,(H,27,30). The van der Waals surface area contributed by atoms with Crippen molar-refractivity contribution in [1.82, 2.24) is 14.7 Å². The summed E-state index contributed by atoms with van der Waals surface area (Å²) in [6.45, 7) is 0.407. The fraction of sp³-hybridized carbons (Fsp3) is 0.364. The summed E-state index contributed by atoms with van der Waals surface area (Å²) < 4.78 is 40.3. The predicted octanol–water partition coefficient (Wildman–Crippen LogP) is 5.64. The smallest absolute Gasteiger partial charge is 0.350 e. The van der Waals surface area contributed by atoms with E-state index in [0.717, 1.165) is 43.9 Å². The lowest BCUT2D eigenvalue weighted by Gasteiger charge is -2.38. The highest BCUT2D eigenvalue weighted by atomic mass is 35.5. The van der Waals surface area contributed by atoms with E-state index in [2.05, 4.69) is 10.3 Å². The molecule has 1 saturated carbocycles. The number of imidazole rings is 1. The van der Waals surface area contributed by atoms with E-state index in [0.29, 0.717) is 11.6 Å². The monoisotopic (exact) mass is 435 g/mol. The molecule has 30 heavy (non-hydrogen) atoms. The van der Waals surface area contributed by atoms with E-state index in [9.17, 15) is 18.0 Å². The van der Waals surface area contributed by atoms with Crippen molar-refractivity contribution >= 4 is 23.2 Å². The molecule has 1 aromatic carbocycles. The van der Waals surface area contributed by atoms with Crippen LogP contribution in [0, 0.1) is 0 Å². The number of nitrogens with zero attached hydrogens (tertiary/aromatic N) is 2. The van der Waals surface area contributed by atoms with Gasteiger partial charge in [0.15, 0.2) is 5.69 Å². The van der Waals surface area contributed by atoms with Gasteiger partial charge >= 0.3 is 6.18 Å². The van der Waals surface area contributed by atoms with Gasteiger partial charge in [-0.1, -0.05) is 49.1 Å². The van der Waals surface area contributed by atoms with Crippen molar-refractivity contribution in [2.75, 3.05) is 6.54 Å². The van der Waals surface area contributed by atoms with Gasteiger partial charge in [0.1, 0.15) is 11.3 Å². The molecule has 0 radical (unpaired) electrons. The molecule has 8 heteroatoms. The minimum Gasteiger partial charge on any atom is -0.350 e. The fourth-order valence-corrected chi connectivity index (χ4v) is 4.40. The number of benzene rings is 1. The highest BCUT2D eigenvalue weighted by Crippen LogP contribution is 2.39. The number of halogens is 4. The Labute approximate surface area is 177 Å². The summed E-state index contributed by atoms with van der Waals surface area (Å²) in [5.41, 5.74) is 0.0933. The van der Waals surface area contributed by atoms with Gasteiger partial charge < -0.3 is 5.32 Å². The average Bonchev–Trinajstić information content (AvgIpc) is 3.18. The maximum Gasteiger partial charge on any atom is 0.434 e. The number of fused-ring (bicyclic) bond motifs is 1. The quantitative estimate of drug-likeness (QED) is 0.576. The molecular weight excluding hydrogens is 415 g/mol. The molecule has 4 nitrogen and oxygen atoms in total. The molecule has 1 N–H and O–H groups in total. The Hall–Kier alpha value is -2.54. The van der Waals surface area contributed by atoms with E-state index in [1.165, 1.54) is 22.6 Å². The van der Waals surface area contributed by atoms with Crippen molar-refractivity contribution in [3.63, 3.8) is 0 Å². The van der Waals surface area contributed by atoms with Gasteiger partial charge in [-0.05, 0) is 42.7 Å². The maximum atomic E-state index is 13.0. The summed E-state index contributed by atoms with van der Waals surface area (Å²) in [7, 11) is 0. The zero-order valence-electron chi connectivity index (χ0n) is 16.2. The molecule has 2 aromatic heterocycles. The second-order valence-corrected chi connectivity index (χ2v) is 8.23. The van der Waals surface area contributed by atoms with Crippen LogP contribution in [0.2, 0.25) is 5.02 Å². The first kappa shape index (κ1) is 20.7. The van der Waals surface area contributed by atoms with E-state index < -0.39 is 17.8 Å². The molecule has 158 valence electrons. The maximum absolute atomic E-state index is 13.0. The number of amides is 1. The molecule has 4 rings (SSSR count). The first-order chi connectivity index (χ1) is 14.3. The third-order valence-electron chi connectivity index (χ3n) is 5.87. The van der Waals surface area contributed by atoms with Gasteiger partial charge in [-0.15, -0.1) is 0 Å². The van der Waals surface area contributed by atoms with E-state index in [1.54, 1.807) is 0 Å². The minimum absolute atomic E-state index is 0.0834. The Balaban J connectivity index is 1.60. The molecule has 0 bridgehead atoms. The largest absolute Gasteiger partial charge is 0.434 e. The number of hydrogen-bond acceptors (Lipinski definition) is 2. The van der Waals surface area contributed by atoms with Gasteiger partial charge in [0.2, 0.25) is 0 Å². The lowest BCUT2D eigenvalue weighted by molar-refractivity contribution is -0.140. The number of pyridine rings is 1. The van der Waals surface area contributed by atoms with E-state index in [-0.39, 0.29) is 16.8 Å². The first-order valence-electron chi connectivity index (χ1n) is 9.88. The zero-order valence-corrected chi connectivity index (χ0v) is 16.9. The molecule has 2 heterocycles. The van der Waals surface area contributed by atoms with Gasteiger partial charge in [-0.25, -0.2) is 4.98 Å². The van der Waals surface area contributed by atoms with Crippen LogP contribution in [-0.2, 0) is 11.6 Å². The normalized spacial score (nSPS) is 16.5. The van der Waals surface area contributed by atoms with Crippen LogP contribution in [0.4, 0.5) is 13.2 Å². The molecule has 0 atom stereocenters. The van der Waals surface area contributed by atoms with Crippen LogP contribution in [0.3, 0.4) is 0 Å². The summed E-state index contributed by atoms with van der Waals surface area (Å²) in [6, 6.07) is 12.2. The topological polar surface area (TPSA) is 46.4 Å². The molecule has 1 amide bonds. The molecule has 0 spiro atoms. The van der Waals surface area contributed by atoms with Crippen LogP contribution < -0.4 is 5.32 Å². The summed E-state index contributed by atoms with van der Waals surface area (Å²) in [5, 5.41) is 3.61. The molecule has 0 saturated heterocycles. The van der Waals surface area contributed by atoms with Crippen LogP contribution in [0.15, 0.2) is 48.7 Å². The van der Waals surface area contributed by atoms with Crippen LogP contribution in [0.5, 0.6) is 0 Å². The number of nitrogens with one attached hydrogen (secondary N) is 1. The van der Waals surface area contributed by atoms with Crippen molar-refractivity contribution in [3.8, 4) is 0 Å². The van der Waals surface area contributed by atoms with Crippen molar-refractivity contribution < 1.29 is 18.0 Å². The number of rotatable bonds is 4. The minimum atomic E-state index is -4.57. The molecular formula is C22H21ClF3N3O. The van der Waals surface area contributed by atoms with Gasteiger partial charge in [0, 0.05) is 23.2 Å². The van der Waals surface area contributed by atoms with Crippen LogP contribution in [0.1, 0.15) is 53.8 Å². The molecule has 0 aliphatic heterocycles. The van der Waals surface area contributed by atoms with Crippen LogP contribution in [-0.4, -0.2) is 21.8 Å². The summed E-state index contributed by atoms with van der Waals surface area (Å²) in [4.78, 5) is 16.5. The molecule has 0 unspecified atom stereocenters. The highest BCUT2D eigenvalue weighted by molar-refractivity contribution is 6.30. The Morgan fingerprint density at radius 3 is 2.47 bits per heavy atom. The second kappa shape index (κ2) is 7.95. The Bertz CT molecular complexity index is 1050. The average molecular weight is 436 g/mol. The number of alkyl halides is 3. The number of carbonyl (C=O) groups is 1. The van der Waals surface area contributed by atoms with Gasteiger partial charge in [0.25, 0.3) is 5.91 Å². The Kier molecular flexibility index (Phi) is 5.49. The second-order valence-electron chi connectivity index (χ2n) is 7.79. The predicted molar refractivity (Wildman–Crippen MR) is 109 cm³/mol. The zero-order chi connectivity index (χ0) is 21.4. The van der Waals surface area contributed by atoms with Crippen molar-refractivity contribution in [2.45, 2.75) is 43.7 Å². The Morgan fingerprint density at radius 2 is 1.80 bits per heavy atom. The van der Waals surface area contributed by atoms with E-state index >= 15 is 0 Å². The SMILES string of the molecule is O=C(NCC1(c2ccc(Cl)cc2)CCCCC1)c1cccc2nc(C(F)(F)F)cn12. The fourth-order valence-electron chi connectivity index (χ4n) is 4.27. The third kappa shape index (κ3) is 4.03. The Morgan fingerprint density at radius 1 is 1.10 bits per heavy atom. The first-order valence-corrected chi connectivity index (χ1v) is 10.3. The van der Waals surface area contributed by atoms with E-state index in [4.69, 9.17) is 11.6 Å². The van der Waals surface area contributed by atoms with Crippen LogP contribution in [0.25, 0.3) is 5.65 Å². The number of hydrogen-bond donors (Lipinski definition) is 1. The van der Waals surface area contributed by atoms with Gasteiger partial charge in [0.05, 0.1) is 0 Å². The molecule has 1 fully saturated rings. The van der Waals surface area contributed by atoms with Crippen molar-refractivity contribution in [1.29, 1.82) is 0 Å². The molecule has 3 aromatic rings. The summed E-state index contributed by atoms with van der Waals surface area (Å²) >= 11 is 6.03. The number of carbonyl (C=O) groups excluding carboxylic acids is 1. The number of aromatic nitrogens is 2. The van der Waals surface area contributed by atoms with E-state index in [1.807, 2.05) is 24.3 Å². The van der Waals surface area contributed by atoms with Crippen LogP contribution >= 0.6 is 11.6 Å². The lowest BCUT2D eigenvalue weighted by Crippen LogP contribution is -2.42. The summed E-state index contributed by atoms with van der Waals surface area (Å²) in [6.07, 6.45) is 1.43.